The molecule has 0 amide bonds. The fourth-order valence-electron chi connectivity index (χ4n) is 4.01. The molecule has 2 atom stereocenters. The van der Waals surface area contributed by atoms with E-state index in [1.54, 1.807) is 0 Å². The Hall–Kier alpha value is -1.10. The Balaban J connectivity index is 3.54. The average molecular weight is 470 g/mol. The van der Waals surface area contributed by atoms with Crippen molar-refractivity contribution < 1.29 is 19.1 Å². The first-order valence-corrected chi connectivity index (χ1v) is 14.1. The maximum absolute atomic E-state index is 12.0. The number of unbranched alkanes of at least 4 members (excludes halogenated alkanes) is 14. The lowest BCUT2D eigenvalue weighted by molar-refractivity contribution is -0.152. The highest BCUT2D eigenvalue weighted by Gasteiger charge is 2.21. The molecular formula is C28H55NO4. The Morgan fingerprint density at radius 2 is 1.15 bits per heavy atom. The van der Waals surface area contributed by atoms with Crippen LogP contribution in [0.15, 0.2) is 0 Å². The molecule has 0 spiro atoms. The van der Waals surface area contributed by atoms with Crippen LogP contribution in [0.1, 0.15) is 143 Å². The van der Waals surface area contributed by atoms with Gasteiger partial charge < -0.3 is 15.2 Å². The highest BCUT2D eigenvalue weighted by atomic mass is 16.5. The Bertz CT molecular complexity index is 455. The molecule has 0 bridgehead atoms. The summed E-state index contributed by atoms with van der Waals surface area (Å²) in [6, 6.07) is -0.933. The summed E-state index contributed by atoms with van der Waals surface area (Å²) in [7, 11) is 0. The molecule has 0 fully saturated rings. The first-order chi connectivity index (χ1) is 16.0. The molecule has 0 aromatic heterocycles. The van der Waals surface area contributed by atoms with E-state index >= 15 is 0 Å². The van der Waals surface area contributed by atoms with E-state index in [0.29, 0.717) is 19.1 Å². The van der Waals surface area contributed by atoms with Gasteiger partial charge in [0.2, 0.25) is 0 Å². The van der Waals surface area contributed by atoms with E-state index in [0.717, 1.165) is 38.5 Å². The van der Waals surface area contributed by atoms with E-state index in [9.17, 15) is 9.59 Å². The third-order valence-corrected chi connectivity index (χ3v) is 6.45. The van der Waals surface area contributed by atoms with Crippen LogP contribution in [0.3, 0.4) is 0 Å². The molecule has 0 radical (unpaired) electrons. The number of hydrogen-bond donors (Lipinski definition) is 1. The van der Waals surface area contributed by atoms with Crippen molar-refractivity contribution in [3.63, 3.8) is 0 Å². The van der Waals surface area contributed by atoms with E-state index in [4.69, 9.17) is 15.2 Å². The molecule has 5 heteroatoms. The largest absolute Gasteiger partial charge is 0.466 e. The quantitative estimate of drug-likeness (QED) is 0.117. The molecule has 33 heavy (non-hydrogen) atoms. The molecular weight excluding hydrogens is 414 g/mol. The zero-order valence-corrected chi connectivity index (χ0v) is 22.2. The molecule has 0 aliphatic heterocycles. The summed E-state index contributed by atoms with van der Waals surface area (Å²) in [5.74, 6) is -0.543. The molecule has 196 valence electrons. The van der Waals surface area contributed by atoms with Gasteiger partial charge in [-0.3, -0.25) is 9.59 Å². The monoisotopic (exact) mass is 469 g/mol. The number of carbonyl (C=O) groups excluding carboxylic acids is 2. The van der Waals surface area contributed by atoms with Gasteiger partial charge in [-0.1, -0.05) is 124 Å². The SMILES string of the molecule is CCCCCCCCCCCCCCCCOC(=O)C[C@H](N)C(=O)OCC(CC)CCCC. The van der Waals surface area contributed by atoms with Gasteiger partial charge >= 0.3 is 11.9 Å². The number of hydrogen-bond acceptors (Lipinski definition) is 5. The van der Waals surface area contributed by atoms with Crippen LogP contribution in [0.25, 0.3) is 0 Å². The summed E-state index contributed by atoms with van der Waals surface area (Å²) in [6.45, 7) is 7.31. The summed E-state index contributed by atoms with van der Waals surface area (Å²) in [5.41, 5.74) is 5.83. The van der Waals surface area contributed by atoms with Gasteiger partial charge in [-0.2, -0.15) is 0 Å². The molecule has 0 aliphatic rings. The fourth-order valence-corrected chi connectivity index (χ4v) is 4.01. The van der Waals surface area contributed by atoms with Crippen molar-refractivity contribution in [2.45, 2.75) is 149 Å². The van der Waals surface area contributed by atoms with E-state index in [1.165, 1.54) is 77.0 Å². The summed E-state index contributed by atoms with van der Waals surface area (Å²) < 4.78 is 10.6. The first-order valence-electron chi connectivity index (χ1n) is 14.1. The summed E-state index contributed by atoms with van der Waals surface area (Å²) in [4.78, 5) is 23.9. The molecule has 0 aliphatic carbocycles. The second kappa shape index (κ2) is 24.0. The standard InChI is InChI=1S/C28H55NO4/c1-4-7-9-10-11-12-13-14-15-16-17-18-19-20-22-32-27(30)23-26(29)28(31)33-24-25(6-3)21-8-5-2/h25-26H,4-24,29H2,1-3H3/t25?,26-/m0/s1. The highest BCUT2D eigenvalue weighted by Crippen LogP contribution is 2.14. The third-order valence-electron chi connectivity index (χ3n) is 6.45. The van der Waals surface area contributed by atoms with Crippen molar-refractivity contribution in [1.82, 2.24) is 0 Å². The van der Waals surface area contributed by atoms with Gasteiger partial charge in [-0.25, -0.2) is 0 Å². The maximum atomic E-state index is 12.0. The lowest BCUT2D eigenvalue weighted by atomic mass is 10.0. The van der Waals surface area contributed by atoms with Crippen molar-refractivity contribution in [1.29, 1.82) is 0 Å². The molecule has 2 N–H and O–H groups in total. The number of esters is 2. The second-order valence-electron chi connectivity index (χ2n) is 9.67. The summed E-state index contributed by atoms with van der Waals surface area (Å²) in [5, 5.41) is 0. The Morgan fingerprint density at radius 3 is 1.64 bits per heavy atom. The van der Waals surface area contributed by atoms with Crippen molar-refractivity contribution in [2.75, 3.05) is 13.2 Å². The topological polar surface area (TPSA) is 78.6 Å². The number of nitrogens with two attached hydrogens (primary N) is 1. The van der Waals surface area contributed by atoms with Crippen LogP contribution in [0.2, 0.25) is 0 Å². The van der Waals surface area contributed by atoms with E-state index in [-0.39, 0.29) is 6.42 Å². The predicted octanol–water partition coefficient (Wildman–Crippen LogP) is 7.49. The molecule has 0 aromatic carbocycles. The van der Waals surface area contributed by atoms with Crippen LogP contribution in [-0.4, -0.2) is 31.2 Å². The van der Waals surface area contributed by atoms with Gasteiger partial charge in [0.25, 0.3) is 0 Å². The molecule has 1 unspecified atom stereocenters. The van der Waals surface area contributed by atoms with Crippen LogP contribution in [0.5, 0.6) is 0 Å². The van der Waals surface area contributed by atoms with Crippen molar-refractivity contribution in [2.24, 2.45) is 11.7 Å². The Morgan fingerprint density at radius 1 is 0.667 bits per heavy atom. The molecule has 0 saturated heterocycles. The number of rotatable bonds is 24. The average Bonchev–Trinajstić information content (AvgIpc) is 2.81. The minimum Gasteiger partial charge on any atom is -0.466 e. The van der Waals surface area contributed by atoms with Crippen LogP contribution < -0.4 is 5.73 Å². The van der Waals surface area contributed by atoms with Gasteiger partial charge in [0, 0.05) is 0 Å². The van der Waals surface area contributed by atoms with E-state index < -0.39 is 18.0 Å². The van der Waals surface area contributed by atoms with Crippen molar-refractivity contribution in [3.05, 3.63) is 0 Å². The second-order valence-corrected chi connectivity index (χ2v) is 9.67. The summed E-state index contributed by atoms with van der Waals surface area (Å²) in [6.07, 6.45) is 22.3. The summed E-state index contributed by atoms with van der Waals surface area (Å²) >= 11 is 0. The fraction of sp³-hybridized carbons (Fsp3) is 0.929. The molecule has 0 heterocycles. The van der Waals surface area contributed by atoms with Gasteiger partial charge in [0.05, 0.1) is 19.6 Å². The van der Waals surface area contributed by atoms with Gasteiger partial charge in [-0.15, -0.1) is 0 Å². The predicted molar refractivity (Wildman–Crippen MR) is 138 cm³/mol. The van der Waals surface area contributed by atoms with Crippen LogP contribution in [0.4, 0.5) is 0 Å². The van der Waals surface area contributed by atoms with Gasteiger partial charge in [-0.05, 0) is 18.8 Å². The normalized spacial score (nSPS) is 13.0. The highest BCUT2D eigenvalue weighted by molar-refractivity contribution is 5.82. The van der Waals surface area contributed by atoms with Crippen LogP contribution >= 0.6 is 0 Å². The minimum atomic E-state index is -0.933. The smallest absolute Gasteiger partial charge is 0.323 e. The van der Waals surface area contributed by atoms with Gasteiger partial charge in [0.15, 0.2) is 0 Å². The number of carbonyl (C=O) groups is 2. The van der Waals surface area contributed by atoms with Gasteiger partial charge in [0.1, 0.15) is 6.04 Å². The molecule has 0 rings (SSSR count). The van der Waals surface area contributed by atoms with E-state index in [2.05, 4.69) is 20.8 Å². The lowest BCUT2D eigenvalue weighted by Crippen LogP contribution is -2.36. The number of ether oxygens (including phenoxy) is 2. The zero-order chi connectivity index (χ0) is 24.6. The third kappa shape index (κ3) is 21.2. The van der Waals surface area contributed by atoms with Crippen LogP contribution in [-0.2, 0) is 19.1 Å². The zero-order valence-electron chi connectivity index (χ0n) is 22.2. The molecule has 0 aromatic rings. The van der Waals surface area contributed by atoms with Crippen LogP contribution in [0, 0.1) is 5.92 Å². The maximum Gasteiger partial charge on any atom is 0.323 e. The minimum absolute atomic E-state index is 0.108. The van der Waals surface area contributed by atoms with Crippen molar-refractivity contribution in [3.8, 4) is 0 Å². The Labute approximate surface area is 204 Å². The molecule has 0 saturated carbocycles. The Kier molecular flexibility index (Phi) is 23.2. The van der Waals surface area contributed by atoms with E-state index in [1.807, 2.05) is 0 Å². The lowest BCUT2D eigenvalue weighted by Gasteiger charge is -2.16. The van der Waals surface area contributed by atoms with Crippen molar-refractivity contribution >= 4 is 11.9 Å². The molecule has 5 nitrogen and oxygen atoms in total. The first kappa shape index (κ1) is 31.9.